The largest absolute Gasteiger partial charge is 0.497 e. The number of hydrogen-bond acceptors (Lipinski definition) is 3. The van der Waals surface area contributed by atoms with E-state index in [0.717, 1.165) is 41.0 Å². The first kappa shape index (κ1) is 20.1. The highest BCUT2D eigenvalue weighted by atomic mass is 16.5. The predicted octanol–water partition coefficient (Wildman–Crippen LogP) is 4.32. The summed E-state index contributed by atoms with van der Waals surface area (Å²) in [6.45, 7) is 0. The Morgan fingerprint density at radius 1 is 1.03 bits per heavy atom. The van der Waals surface area contributed by atoms with Crippen LogP contribution in [0.2, 0.25) is 0 Å². The van der Waals surface area contributed by atoms with Crippen LogP contribution < -0.4 is 15.4 Å². The number of methoxy groups -OCH3 is 1. The molecule has 2 amide bonds. The first-order valence-electron chi connectivity index (χ1n) is 10.9. The molecule has 1 aliphatic carbocycles. The molecule has 32 heavy (non-hydrogen) atoms. The van der Waals surface area contributed by atoms with Gasteiger partial charge in [-0.05, 0) is 60.2 Å². The molecule has 0 saturated heterocycles. The third-order valence-electron chi connectivity index (χ3n) is 6.03. The number of H-pyrrole nitrogens is 1. The van der Waals surface area contributed by atoms with E-state index in [-0.39, 0.29) is 18.1 Å². The summed E-state index contributed by atoms with van der Waals surface area (Å²) in [6.07, 6.45) is 2.33. The van der Waals surface area contributed by atoms with Gasteiger partial charge in [-0.25, -0.2) is 9.78 Å². The van der Waals surface area contributed by atoms with E-state index in [1.807, 2.05) is 60.7 Å². The molecule has 3 N–H and O–H groups in total. The lowest BCUT2D eigenvalue weighted by molar-refractivity contribution is 0.233. The Bertz CT molecular complexity index is 1170. The van der Waals surface area contributed by atoms with E-state index in [1.54, 1.807) is 7.11 Å². The summed E-state index contributed by atoms with van der Waals surface area (Å²) in [5.41, 5.74) is 5.55. The molecule has 162 valence electrons. The van der Waals surface area contributed by atoms with Gasteiger partial charge in [0.05, 0.1) is 24.2 Å². The number of nitrogens with zero attached hydrogens (tertiary/aromatic N) is 1. The van der Waals surface area contributed by atoms with Crippen LogP contribution >= 0.6 is 0 Å². The molecule has 6 heteroatoms. The normalized spacial score (nSPS) is 14.2. The quantitative estimate of drug-likeness (QED) is 0.430. The summed E-state index contributed by atoms with van der Waals surface area (Å²) in [5.74, 6) is 1.55. The minimum Gasteiger partial charge on any atom is -0.497 e. The molecule has 6 nitrogen and oxygen atoms in total. The minimum atomic E-state index is -0.292. The van der Waals surface area contributed by atoms with Crippen molar-refractivity contribution in [3.63, 3.8) is 0 Å². The maximum absolute atomic E-state index is 13.0. The molecule has 1 aliphatic rings. The van der Waals surface area contributed by atoms with Crippen LogP contribution in [0.5, 0.6) is 5.75 Å². The molecule has 5 rings (SSSR count). The topological polar surface area (TPSA) is 79.0 Å². The van der Waals surface area contributed by atoms with E-state index in [2.05, 4.69) is 27.8 Å². The van der Waals surface area contributed by atoms with Crippen molar-refractivity contribution in [3.05, 3.63) is 95.3 Å². The van der Waals surface area contributed by atoms with E-state index in [0.29, 0.717) is 6.42 Å². The van der Waals surface area contributed by atoms with Gasteiger partial charge in [0.2, 0.25) is 0 Å². The average Bonchev–Trinajstić information content (AvgIpc) is 3.42. The molecule has 0 spiro atoms. The molecule has 0 saturated carbocycles. The zero-order chi connectivity index (χ0) is 21.9. The lowest BCUT2D eigenvalue weighted by Gasteiger charge is -2.20. The van der Waals surface area contributed by atoms with Gasteiger partial charge < -0.3 is 20.4 Å². The number of carbonyl (C=O) groups is 1. The summed E-state index contributed by atoms with van der Waals surface area (Å²) < 4.78 is 5.27. The average molecular weight is 427 g/mol. The number of fused-ring (bicyclic) bond motifs is 2. The fraction of sp³-hybridized carbons (Fsp3) is 0.231. The monoisotopic (exact) mass is 426 g/mol. The van der Waals surface area contributed by atoms with E-state index in [9.17, 15) is 4.79 Å². The lowest BCUT2D eigenvalue weighted by atomic mass is 10.1. The fourth-order valence-electron chi connectivity index (χ4n) is 4.40. The molecule has 0 unspecified atom stereocenters. The van der Waals surface area contributed by atoms with Gasteiger partial charge in [-0.2, -0.15) is 0 Å². The van der Waals surface area contributed by atoms with E-state index < -0.39 is 0 Å². The minimum absolute atomic E-state index is 0.102. The second-order valence-electron chi connectivity index (χ2n) is 8.24. The number of para-hydroxylation sites is 2. The van der Waals surface area contributed by atoms with Crippen molar-refractivity contribution in [2.75, 3.05) is 7.11 Å². The molecule has 4 aromatic rings. The van der Waals surface area contributed by atoms with Crippen molar-refractivity contribution < 1.29 is 9.53 Å². The number of benzene rings is 3. The maximum atomic E-state index is 13.0. The van der Waals surface area contributed by atoms with Crippen molar-refractivity contribution in [3.8, 4) is 5.75 Å². The molecule has 0 fully saturated rings. The highest BCUT2D eigenvalue weighted by Crippen LogP contribution is 2.23. The van der Waals surface area contributed by atoms with Crippen molar-refractivity contribution in [1.82, 2.24) is 20.6 Å². The first-order valence-corrected chi connectivity index (χ1v) is 10.9. The summed E-state index contributed by atoms with van der Waals surface area (Å²) in [6, 6.07) is 23.8. The molecule has 1 heterocycles. The highest BCUT2D eigenvalue weighted by molar-refractivity contribution is 5.77. The third kappa shape index (κ3) is 4.30. The van der Waals surface area contributed by atoms with Crippen molar-refractivity contribution in [2.45, 2.75) is 31.3 Å². The summed E-state index contributed by atoms with van der Waals surface area (Å²) in [5, 5.41) is 6.30. The van der Waals surface area contributed by atoms with Gasteiger partial charge in [0.15, 0.2) is 0 Å². The number of carbonyl (C=O) groups excluding carboxylic acids is 1. The van der Waals surface area contributed by atoms with Crippen molar-refractivity contribution >= 4 is 17.1 Å². The number of hydrogen-bond donors (Lipinski definition) is 3. The molecule has 1 aromatic heterocycles. The Balaban J connectivity index is 1.33. The van der Waals surface area contributed by atoms with Gasteiger partial charge in [-0.3, -0.25) is 0 Å². The smallest absolute Gasteiger partial charge is 0.315 e. The van der Waals surface area contributed by atoms with Crippen LogP contribution in [0.4, 0.5) is 4.79 Å². The van der Waals surface area contributed by atoms with Crippen molar-refractivity contribution in [2.24, 2.45) is 0 Å². The van der Waals surface area contributed by atoms with Crippen LogP contribution in [0.1, 0.15) is 28.6 Å². The number of urea groups is 1. The molecule has 1 atom stereocenters. The number of nitrogens with one attached hydrogen (secondary N) is 3. The number of ether oxygens (including phenoxy) is 1. The molecule has 0 radical (unpaired) electrons. The van der Waals surface area contributed by atoms with Crippen LogP contribution in [0.15, 0.2) is 72.8 Å². The Morgan fingerprint density at radius 3 is 2.41 bits per heavy atom. The Hall–Kier alpha value is -3.80. The second kappa shape index (κ2) is 8.75. The lowest BCUT2D eigenvalue weighted by Crippen LogP contribution is -2.44. The summed E-state index contributed by atoms with van der Waals surface area (Å²) >= 11 is 0. The number of imidazole rings is 1. The van der Waals surface area contributed by atoms with Gasteiger partial charge in [0.25, 0.3) is 0 Å². The van der Waals surface area contributed by atoms with Crippen LogP contribution in [0.3, 0.4) is 0 Å². The molecular formula is C26H26N4O2. The molecule has 0 bridgehead atoms. The number of amides is 2. The summed E-state index contributed by atoms with van der Waals surface area (Å²) in [7, 11) is 1.65. The van der Waals surface area contributed by atoms with Crippen LogP contribution in [-0.4, -0.2) is 29.2 Å². The Labute approximate surface area is 187 Å². The van der Waals surface area contributed by atoms with Gasteiger partial charge >= 0.3 is 6.03 Å². The van der Waals surface area contributed by atoms with Gasteiger partial charge in [0, 0.05) is 6.04 Å². The molecule has 3 aromatic carbocycles. The van der Waals surface area contributed by atoms with Gasteiger partial charge in [0.1, 0.15) is 11.6 Å². The summed E-state index contributed by atoms with van der Waals surface area (Å²) in [4.78, 5) is 21.1. The van der Waals surface area contributed by atoms with E-state index in [4.69, 9.17) is 9.72 Å². The second-order valence-corrected chi connectivity index (χ2v) is 8.24. The number of aromatic amines is 1. The first-order chi connectivity index (χ1) is 15.7. The molecule has 0 aliphatic heterocycles. The Morgan fingerprint density at radius 2 is 1.72 bits per heavy atom. The number of rotatable bonds is 6. The van der Waals surface area contributed by atoms with Crippen LogP contribution in [0, 0.1) is 0 Å². The van der Waals surface area contributed by atoms with Gasteiger partial charge in [-0.1, -0.05) is 48.5 Å². The molecular weight excluding hydrogens is 400 g/mol. The van der Waals surface area contributed by atoms with Crippen LogP contribution in [-0.2, 0) is 19.3 Å². The zero-order valence-electron chi connectivity index (χ0n) is 18.0. The van der Waals surface area contributed by atoms with E-state index >= 15 is 0 Å². The predicted molar refractivity (Wildman–Crippen MR) is 125 cm³/mol. The highest BCUT2D eigenvalue weighted by Gasteiger charge is 2.25. The SMILES string of the molecule is COc1ccc(C[C@@H](NC(=O)NC2Cc3ccccc3C2)c2nc3ccccc3[nH]2)cc1. The Kier molecular flexibility index (Phi) is 5.50. The fourth-order valence-corrected chi connectivity index (χ4v) is 4.40. The number of aromatic nitrogens is 2. The van der Waals surface area contributed by atoms with Crippen LogP contribution in [0.25, 0.3) is 11.0 Å². The van der Waals surface area contributed by atoms with E-state index in [1.165, 1.54) is 11.1 Å². The maximum Gasteiger partial charge on any atom is 0.315 e. The van der Waals surface area contributed by atoms with Crippen molar-refractivity contribution in [1.29, 1.82) is 0 Å². The van der Waals surface area contributed by atoms with Gasteiger partial charge in [-0.15, -0.1) is 0 Å². The standard InChI is InChI=1S/C26H26N4O2/c1-32-21-12-10-17(11-13-21)14-24(25-28-22-8-4-5-9-23(22)29-25)30-26(31)27-20-15-18-6-2-3-7-19(18)16-20/h2-13,20,24H,14-16H2,1H3,(H,28,29)(H2,27,30,31)/t24-/m1/s1. The third-order valence-corrected chi connectivity index (χ3v) is 6.03. The zero-order valence-corrected chi connectivity index (χ0v) is 18.0.